The molecule has 0 aliphatic carbocycles. The number of likely N-dealkylation sites (tertiary alicyclic amines) is 1. The van der Waals surface area contributed by atoms with Crippen LogP contribution in [0.2, 0.25) is 0 Å². The fourth-order valence-electron chi connectivity index (χ4n) is 2.40. The standard InChI is InChI=1S/C9H17N3O/c10-9(13)1-2-12-5-7-3-11-4-8(7)6-12/h7-8,11H,1-6H2,(H2,10,13). The SMILES string of the molecule is NC(=O)CCN1CC2CNCC2C1. The maximum absolute atomic E-state index is 10.6. The second kappa shape index (κ2) is 3.64. The highest BCUT2D eigenvalue weighted by Gasteiger charge is 2.35. The van der Waals surface area contributed by atoms with E-state index in [0.29, 0.717) is 6.42 Å². The van der Waals surface area contributed by atoms with Crippen LogP contribution in [0.25, 0.3) is 0 Å². The van der Waals surface area contributed by atoms with Gasteiger partial charge in [-0.25, -0.2) is 0 Å². The number of carbonyl (C=O) groups excluding carboxylic acids is 1. The zero-order chi connectivity index (χ0) is 9.26. The van der Waals surface area contributed by atoms with Crippen molar-refractivity contribution >= 4 is 5.91 Å². The highest BCUT2D eigenvalue weighted by Crippen LogP contribution is 2.25. The Morgan fingerprint density at radius 1 is 1.38 bits per heavy atom. The molecule has 4 heteroatoms. The lowest BCUT2D eigenvalue weighted by Gasteiger charge is -2.15. The van der Waals surface area contributed by atoms with Gasteiger partial charge in [-0.05, 0) is 24.9 Å². The first-order valence-corrected chi connectivity index (χ1v) is 4.97. The molecule has 13 heavy (non-hydrogen) atoms. The van der Waals surface area contributed by atoms with Gasteiger partial charge in [-0.15, -0.1) is 0 Å². The largest absolute Gasteiger partial charge is 0.370 e. The van der Waals surface area contributed by atoms with Crippen molar-refractivity contribution in [3.63, 3.8) is 0 Å². The summed E-state index contributed by atoms with van der Waals surface area (Å²) in [5, 5.41) is 3.39. The van der Waals surface area contributed by atoms with Crippen LogP contribution in [0, 0.1) is 11.8 Å². The average molecular weight is 183 g/mol. The van der Waals surface area contributed by atoms with Crippen molar-refractivity contribution in [2.24, 2.45) is 17.6 Å². The van der Waals surface area contributed by atoms with Crippen molar-refractivity contribution in [1.82, 2.24) is 10.2 Å². The van der Waals surface area contributed by atoms with Crippen LogP contribution in [0.15, 0.2) is 0 Å². The predicted octanol–water partition coefficient (Wildman–Crippen LogP) is -0.987. The molecule has 0 aromatic carbocycles. The van der Waals surface area contributed by atoms with Crippen LogP contribution in [0.1, 0.15) is 6.42 Å². The Balaban J connectivity index is 1.75. The van der Waals surface area contributed by atoms with Crippen LogP contribution in [0.5, 0.6) is 0 Å². The molecule has 2 unspecified atom stereocenters. The van der Waals surface area contributed by atoms with E-state index < -0.39 is 0 Å². The van der Waals surface area contributed by atoms with Gasteiger partial charge in [0.05, 0.1) is 0 Å². The molecular weight excluding hydrogens is 166 g/mol. The Morgan fingerprint density at radius 2 is 2.00 bits per heavy atom. The molecule has 2 aliphatic heterocycles. The Morgan fingerprint density at radius 3 is 2.54 bits per heavy atom. The van der Waals surface area contributed by atoms with Crippen molar-refractivity contribution in [3.8, 4) is 0 Å². The zero-order valence-electron chi connectivity index (χ0n) is 7.83. The number of hydrogen-bond donors (Lipinski definition) is 2. The summed E-state index contributed by atoms with van der Waals surface area (Å²) in [7, 11) is 0. The number of carbonyl (C=O) groups is 1. The minimum atomic E-state index is -0.185. The molecule has 4 nitrogen and oxygen atoms in total. The Labute approximate surface area is 78.5 Å². The van der Waals surface area contributed by atoms with Gasteiger partial charge in [0.15, 0.2) is 0 Å². The molecule has 0 bridgehead atoms. The first kappa shape index (κ1) is 8.97. The van der Waals surface area contributed by atoms with Gasteiger partial charge in [0.1, 0.15) is 0 Å². The molecule has 2 atom stereocenters. The summed E-state index contributed by atoms with van der Waals surface area (Å²) in [5.74, 6) is 1.44. The summed E-state index contributed by atoms with van der Waals surface area (Å²) in [5.41, 5.74) is 5.11. The van der Waals surface area contributed by atoms with Crippen molar-refractivity contribution in [1.29, 1.82) is 0 Å². The lowest BCUT2D eigenvalue weighted by atomic mass is 10.0. The molecule has 0 spiro atoms. The van der Waals surface area contributed by atoms with Crippen LogP contribution in [-0.2, 0) is 4.79 Å². The van der Waals surface area contributed by atoms with Crippen molar-refractivity contribution in [2.45, 2.75) is 6.42 Å². The molecule has 0 saturated carbocycles. The topological polar surface area (TPSA) is 58.4 Å². The van der Waals surface area contributed by atoms with Crippen LogP contribution < -0.4 is 11.1 Å². The fraction of sp³-hybridized carbons (Fsp3) is 0.889. The van der Waals surface area contributed by atoms with E-state index in [1.807, 2.05) is 0 Å². The van der Waals surface area contributed by atoms with E-state index in [0.717, 1.165) is 44.6 Å². The van der Waals surface area contributed by atoms with Crippen LogP contribution >= 0.6 is 0 Å². The lowest BCUT2D eigenvalue weighted by molar-refractivity contribution is -0.118. The smallest absolute Gasteiger partial charge is 0.218 e. The molecule has 1 amide bonds. The third-order valence-corrected chi connectivity index (χ3v) is 3.14. The normalized spacial score (nSPS) is 33.5. The molecule has 74 valence electrons. The fourth-order valence-corrected chi connectivity index (χ4v) is 2.40. The van der Waals surface area contributed by atoms with Crippen molar-refractivity contribution < 1.29 is 4.79 Å². The number of rotatable bonds is 3. The first-order valence-electron chi connectivity index (χ1n) is 4.97. The summed E-state index contributed by atoms with van der Waals surface area (Å²) in [4.78, 5) is 12.9. The molecular formula is C9H17N3O. The van der Waals surface area contributed by atoms with E-state index >= 15 is 0 Å². The monoisotopic (exact) mass is 183 g/mol. The van der Waals surface area contributed by atoms with Gasteiger partial charge in [-0.1, -0.05) is 0 Å². The maximum Gasteiger partial charge on any atom is 0.218 e. The van der Waals surface area contributed by atoms with Crippen molar-refractivity contribution in [3.05, 3.63) is 0 Å². The van der Waals surface area contributed by atoms with Gasteiger partial charge >= 0.3 is 0 Å². The zero-order valence-corrected chi connectivity index (χ0v) is 7.83. The number of nitrogens with two attached hydrogens (primary N) is 1. The summed E-state index contributed by atoms with van der Waals surface area (Å²) in [6.07, 6.45) is 0.507. The Bertz CT molecular complexity index is 195. The molecule has 0 radical (unpaired) electrons. The third-order valence-electron chi connectivity index (χ3n) is 3.14. The molecule has 2 aliphatic rings. The van der Waals surface area contributed by atoms with Gasteiger partial charge in [-0.2, -0.15) is 0 Å². The number of hydrogen-bond acceptors (Lipinski definition) is 3. The number of amides is 1. The van der Waals surface area contributed by atoms with E-state index in [9.17, 15) is 4.79 Å². The second-order valence-corrected chi connectivity index (χ2v) is 4.15. The van der Waals surface area contributed by atoms with Crippen LogP contribution in [0.3, 0.4) is 0 Å². The van der Waals surface area contributed by atoms with E-state index in [2.05, 4.69) is 10.2 Å². The summed E-state index contributed by atoms with van der Waals surface area (Å²) in [6.45, 7) is 5.44. The number of nitrogens with zero attached hydrogens (tertiary/aromatic N) is 1. The van der Waals surface area contributed by atoms with E-state index in [1.165, 1.54) is 0 Å². The van der Waals surface area contributed by atoms with Gasteiger partial charge in [0, 0.05) is 26.1 Å². The first-order chi connectivity index (χ1) is 6.25. The molecule has 2 fully saturated rings. The highest BCUT2D eigenvalue weighted by atomic mass is 16.1. The average Bonchev–Trinajstić information content (AvgIpc) is 2.58. The highest BCUT2D eigenvalue weighted by molar-refractivity contribution is 5.73. The molecule has 2 heterocycles. The van der Waals surface area contributed by atoms with Gasteiger partial charge in [0.25, 0.3) is 0 Å². The number of fused-ring (bicyclic) bond motifs is 1. The summed E-state index contributed by atoms with van der Waals surface area (Å²) in [6, 6.07) is 0. The molecule has 2 rings (SSSR count). The third kappa shape index (κ3) is 2.00. The minimum Gasteiger partial charge on any atom is -0.370 e. The summed E-state index contributed by atoms with van der Waals surface area (Å²) >= 11 is 0. The molecule has 0 aromatic rings. The van der Waals surface area contributed by atoms with E-state index in [-0.39, 0.29) is 5.91 Å². The van der Waals surface area contributed by atoms with Crippen LogP contribution in [0.4, 0.5) is 0 Å². The van der Waals surface area contributed by atoms with Gasteiger partial charge < -0.3 is 16.0 Å². The minimum absolute atomic E-state index is 0.185. The number of primary amides is 1. The molecule has 2 saturated heterocycles. The summed E-state index contributed by atoms with van der Waals surface area (Å²) < 4.78 is 0. The van der Waals surface area contributed by atoms with E-state index in [1.54, 1.807) is 0 Å². The Hall–Kier alpha value is -0.610. The maximum atomic E-state index is 10.6. The molecule has 3 N–H and O–H groups in total. The van der Waals surface area contributed by atoms with Crippen molar-refractivity contribution in [2.75, 3.05) is 32.7 Å². The predicted molar refractivity (Wildman–Crippen MR) is 50.1 cm³/mol. The quantitative estimate of drug-likeness (QED) is 0.591. The second-order valence-electron chi connectivity index (χ2n) is 4.15. The lowest BCUT2D eigenvalue weighted by Crippen LogP contribution is -2.29. The molecule has 0 aromatic heterocycles. The number of nitrogens with one attached hydrogen (secondary N) is 1. The van der Waals surface area contributed by atoms with Crippen LogP contribution in [-0.4, -0.2) is 43.5 Å². The van der Waals surface area contributed by atoms with Gasteiger partial charge in [-0.3, -0.25) is 4.79 Å². The Kier molecular flexibility index (Phi) is 2.51. The van der Waals surface area contributed by atoms with E-state index in [4.69, 9.17) is 5.73 Å². The van der Waals surface area contributed by atoms with Gasteiger partial charge in [0.2, 0.25) is 5.91 Å².